The molecule has 0 unspecified atom stereocenters. The number of carbonyl (C=O) groups excluding carboxylic acids is 1. The minimum absolute atomic E-state index is 0.103. The van der Waals surface area contributed by atoms with Crippen molar-refractivity contribution in [3.63, 3.8) is 0 Å². The van der Waals surface area contributed by atoms with E-state index in [1.165, 1.54) is 6.92 Å². The summed E-state index contributed by atoms with van der Waals surface area (Å²) in [7, 11) is 0. The Morgan fingerprint density at radius 3 is 2.60 bits per heavy atom. The van der Waals surface area contributed by atoms with Gasteiger partial charge in [-0.2, -0.15) is 0 Å². The molecule has 0 aromatic carbocycles. The van der Waals surface area contributed by atoms with Crippen LogP contribution in [-0.4, -0.2) is 10.9 Å². The Kier molecular flexibility index (Phi) is 4.63. The third-order valence-electron chi connectivity index (χ3n) is 1.26. The number of aliphatic hydroxyl groups is 1. The SMILES string of the molecule is CCCCC=C(O)C(C)=O. The highest BCUT2D eigenvalue weighted by molar-refractivity contribution is 5.90. The Morgan fingerprint density at radius 1 is 1.60 bits per heavy atom. The predicted octanol–water partition coefficient (Wildman–Crippen LogP) is 2.21. The van der Waals surface area contributed by atoms with E-state index in [0.29, 0.717) is 0 Å². The fraction of sp³-hybridized carbons (Fsp3) is 0.625. The molecule has 0 aromatic heterocycles. The van der Waals surface area contributed by atoms with Gasteiger partial charge in [0, 0.05) is 6.92 Å². The van der Waals surface area contributed by atoms with Crippen LogP contribution in [0.1, 0.15) is 33.1 Å². The van der Waals surface area contributed by atoms with Crippen LogP contribution in [0.4, 0.5) is 0 Å². The number of aliphatic hydroxyl groups excluding tert-OH is 1. The van der Waals surface area contributed by atoms with Crippen molar-refractivity contribution in [3.8, 4) is 0 Å². The number of Topliss-reactive ketones (excluding diaryl/α,β-unsaturated/α-hetero) is 1. The molecule has 0 amide bonds. The summed E-state index contributed by atoms with van der Waals surface area (Å²) in [5, 5.41) is 8.86. The third-order valence-corrected chi connectivity index (χ3v) is 1.26. The first kappa shape index (κ1) is 9.21. The molecule has 2 heteroatoms. The largest absolute Gasteiger partial charge is 0.505 e. The molecule has 1 N–H and O–H groups in total. The third kappa shape index (κ3) is 4.13. The van der Waals surface area contributed by atoms with Crippen LogP contribution in [0.3, 0.4) is 0 Å². The Morgan fingerprint density at radius 2 is 2.20 bits per heavy atom. The predicted molar refractivity (Wildman–Crippen MR) is 40.9 cm³/mol. The standard InChI is InChI=1S/C8H14O2/c1-3-4-5-6-8(10)7(2)9/h6,10H,3-5H2,1-2H3. The Labute approximate surface area is 61.6 Å². The normalized spacial score (nSPS) is 11.6. The van der Waals surface area contributed by atoms with Crippen molar-refractivity contribution >= 4 is 5.78 Å². The van der Waals surface area contributed by atoms with Gasteiger partial charge >= 0.3 is 0 Å². The van der Waals surface area contributed by atoms with Crippen LogP contribution in [0, 0.1) is 0 Å². The van der Waals surface area contributed by atoms with Gasteiger partial charge in [0.15, 0.2) is 11.5 Å². The first-order valence-electron chi connectivity index (χ1n) is 3.58. The van der Waals surface area contributed by atoms with Crippen LogP contribution in [0.2, 0.25) is 0 Å². The number of rotatable bonds is 4. The summed E-state index contributed by atoms with van der Waals surface area (Å²) >= 11 is 0. The summed E-state index contributed by atoms with van der Waals surface area (Å²) in [6.45, 7) is 3.43. The molecule has 0 aliphatic heterocycles. The van der Waals surface area contributed by atoms with E-state index in [1.54, 1.807) is 6.08 Å². The van der Waals surface area contributed by atoms with Gasteiger partial charge in [0.25, 0.3) is 0 Å². The number of allylic oxidation sites excluding steroid dienone is 2. The van der Waals surface area contributed by atoms with Crippen molar-refractivity contribution in [3.05, 3.63) is 11.8 Å². The average Bonchev–Trinajstić information content (AvgIpc) is 1.88. The van der Waals surface area contributed by atoms with E-state index in [0.717, 1.165) is 19.3 Å². The summed E-state index contributed by atoms with van der Waals surface area (Å²) in [6.07, 6.45) is 4.48. The zero-order valence-corrected chi connectivity index (χ0v) is 6.55. The smallest absolute Gasteiger partial charge is 0.193 e. The van der Waals surface area contributed by atoms with E-state index < -0.39 is 0 Å². The molecule has 2 nitrogen and oxygen atoms in total. The molecule has 10 heavy (non-hydrogen) atoms. The van der Waals surface area contributed by atoms with Crippen molar-refractivity contribution in [2.45, 2.75) is 33.1 Å². The van der Waals surface area contributed by atoms with E-state index in [1.807, 2.05) is 0 Å². The van der Waals surface area contributed by atoms with Gasteiger partial charge in [-0.25, -0.2) is 0 Å². The lowest BCUT2D eigenvalue weighted by molar-refractivity contribution is -0.115. The van der Waals surface area contributed by atoms with Crippen LogP contribution < -0.4 is 0 Å². The number of carbonyl (C=O) groups is 1. The van der Waals surface area contributed by atoms with Crippen molar-refractivity contribution in [2.75, 3.05) is 0 Å². The lowest BCUT2D eigenvalue weighted by atomic mass is 10.2. The number of unbranched alkanes of at least 4 members (excludes halogenated alkanes) is 2. The summed E-state index contributed by atoms with van der Waals surface area (Å²) in [5.41, 5.74) is 0. The highest BCUT2D eigenvalue weighted by atomic mass is 16.3. The first-order valence-corrected chi connectivity index (χ1v) is 3.58. The van der Waals surface area contributed by atoms with Crippen LogP contribution >= 0.6 is 0 Å². The Hall–Kier alpha value is -0.790. The Bertz CT molecular complexity index is 136. The summed E-state index contributed by atoms with van der Waals surface area (Å²) in [6, 6.07) is 0. The lowest BCUT2D eigenvalue weighted by Crippen LogP contribution is -1.93. The average molecular weight is 142 g/mol. The molecule has 0 aromatic rings. The van der Waals surface area contributed by atoms with Gasteiger partial charge in [-0.1, -0.05) is 13.3 Å². The Balaban J connectivity index is 3.58. The monoisotopic (exact) mass is 142 g/mol. The van der Waals surface area contributed by atoms with Crippen LogP contribution in [-0.2, 0) is 4.79 Å². The number of ketones is 1. The van der Waals surface area contributed by atoms with E-state index in [4.69, 9.17) is 5.11 Å². The van der Waals surface area contributed by atoms with Gasteiger partial charge in [-0.3, -0.25) is 4.79 Å². The van der Waals surface area contributed by atoms with Gasteiger partial charge in [0.2, 0.25) is 0 Å². The minimum Gasteiger partial charge on any atom is -0.505 e. The molecule has 58 valence electrons. The van der Waals surface area contributed by atoms with Gasteiger partial charge in [0.05, 0.1) is 0 Å². The van der Waals surface area contributed by atoms with Crippen molar-refractivity contribution < 1.29 is 9.90 Å². The molecule has 0 bridgehead atoms. The maximum Gasteiger partial charge on any atom is 0.193 e. The molecule has 0 aliphatic carbocycles. The molecule has 0 rings (SSSR count). The second kappa shape index (κ2) is 5.03. The molecular weight excluding hydrogens is 128 g/mol. The highest BCUT2D eigenvalue weighted by Crippen LogP contribution is 1.99. The summed E-state index contributed by atoms with van der Waals surface area (Å²) < 4.78 is 0. The van der Waals surface area contributed by atoms with Gasteiger partial charge in [-0.15, -0.1) is 0 Å². The van der Waals surface area contributed by atoms with E-state index in [-0.39, 0.29) is 11.5 Å². The van der Waals surface area contributed by atoms with Gasteiger partial charge in [0.1, 0.15) is 0 Å². The molecule has 0 heterocycles. The fourth-order valence-electron chi connectivity index (χ4n) is 0.587. The zero-order valence-electron chi connectivity index (χ0n) is 6.55. The second-order valence-corrected chi connectivity index (χ2v) is 2.29. The molecule has 0 aliphatic rings. The van der Waals surface area contributed by atoms with Crippen molar-refractivity contribution in [2.24, 2.45) is 0 Å². The topological polar surface area (TPSA) is 37.3 Å². The molecular formula is C8H14O2. The van der Waals surface area contributed by atoms with Crippen LogP contribution in [0.15, 0.2) is 11.8 Å². The maximum absolute atomic E-state index is 10.4. The van der Waals surface area contributed by atoms with Crippen LogP contribution in [0.5, 0.6) is 0 Å². The molecule has 0 saturated carbocycles. The summed E-state index contributed by atoms with van der Waals surface area (Å²) in [4.78, 5) is 10.4. The van der Waals surface area contributed by atoms with Gasteiger partial charge < -0.3 is 5.11 Å². The maximum atomic E-state index is 10.4. The van der Waals surface area contributed by atoms with Crippen LogP contribution in [0.25, 0.3) is 0 Å². The summed E-state index contributed by atoms with van der Waals surface area (Å²) in [5.74, 6) is -0.357. The lowest BCUT2D eigenvalue weighted by Gasteiger charge is -1.92. The highest BCUT2D eigenvalue weighted by Gasteiger charge is 1.96. The minimum atomic E-state index is -0.254. The number of hydrogen-bond donors (Lipinski definition) is 1. The van der Waals surface area contributed by atoms with E-state index in [9.17, 15) is 4.79 Å². The van der Waals surface area contributed by atoms with Gasteiger partial charge in [-0.05, 0) is 18.9 Å². The van der Waals surface area contributed by atoms with Crippen molar-refractivity contribution in [1.82, 2.24) is 0 Å². The number of hydrogen-bond acceptors (Lipinski definition) is 2. The molecule has 0 atom stereocenters. The zero-order chi connectivity index (χ0) is 7.98. The second-order valence-electron chi connectivity index (χ2n) is 2.29. The molecule has 0 radical (unpaired) electrons. The molecule has 0 spiro atoms. The van der Waals surface area contributed by atoms with E-state index >= 15 is 0 Å². The fourth-order valence-corrected chi connectivity index (χ4v) is 0.587. The molecule has 0 saturated heterocycles. The van der Waals surface area contributed by atoms with E-state index in [2.05, 4.69) is 6.92 Å². The first-order chi connectivity index (χ1) is 4.68. The van der Waals surface area contributed by atoms with Crippen molar-refractivity contribution in [1.29, 1.82) is 0 Å². The quantitative estimate of drug-likeness (QED) is 0.371. The molecule has 0 fully saturated rings.